The summed E-state index contributed by atoms with van der Waals surface area (Å²) in [5, 5.41) is 26.6. The van der Waals surface area contributed by atoms with Gasteiger partial charge in [-0.2, -0.15) is 0 Å². The van der Waals surface area contributed by atoms with Gasteiger partial charge in [0.15, 0.2) is 12.1 Å². The highest BCUT2D eigenvalue weighted by atomic mass is 16.8. The molecule has 2 N–H and O–H groups in total. The Kier molecular flexibility index (Phi) is 3.75. The van der Waals surface area contributed by atoms with Crippen molar-refractivity contribution in [2.45, 2.75) is 63.5 Å². The molecule has 0 saturated carbocycles. The van der Waals surface area contributed by atoms with Crippen molar-refractivity contribution in [1.82, 2.24) is 15.0 Å². The van der Waals surface area contributed by atoms with Gasteiger partial charge in [0.05, 0.1) is 12.7 Å². The monoisotopic (exact) mass is 315 g/mol. The van der Waals surface area contributed by atoms with Gasteiger partial charge in [-0.15, -0.1) is 5.10 Å². The third-order valence-corrected chi connectivity index (χ3v) is 3.73. The Hall–Kier alpha value is -1.10. The zero-order valence-corrected chi connectivity index (χ0v) is 13.0. The molecule has 2 saturated heterocycles. The van der Waals surface area contributed by atoms with E-state index in [1.54, 1.807) is 7.11 Å². The van der Waals surface area contributed by atoms with Crippen LogP contribution in [0.1, 0.15) is 26.5 Å². The van der Waals surface area contributed by atoms with E-state index >= 15 is 0 Å². The first-order valence-electron chi connectivity index (χ1n) is 7.09. The van der Waals surface area contributed by atoms with Gasteiger partial charge in [0.25, 0.3) is 0 Å². The molecule has 1 aromatic heterocycles. The van der Waals surface area contributed by atoms with Crippen molar-refractivity contribution in [2.75, 3.05) is 7.11 Å². The molecule has 124 valence electrons. The van der Waals surface area contributed by atoms with Crippen molar-refractivity contribution in [1.29, 1.82) is 0 Å². The van der Waals surface area contributed by atoms with E-state index in [1.165, 1.54) is 17.8 Å². The number of rotatable bonds is 4. The van der Waals surface area contributed by atoms with E-state index in [1.807, 2.05) is 13.8 Å². The van der Waals surface area contributed by atoms with Gasteiger partial charge >= 0.3 is 0 Å². The van der Waals surface area contributed by atoms with Crippen LogP contribution in [0.4, 0.5) is 0 Å². The van der Waals surface area contributed by atoms with Crippen LogP contribution in [-0.2, 0) is 31.3 Å². The molecule has 9 nitrogen and oxygen atoms in total. The first-order chi connectivity index (χ1) is 10.2. The fraction of sp³-hybridized carbons (Fsp3) is 0.846. The fourth-order valence-corrected chi connectivity index (χ4v) is 2.77. The van der Waals surface area contributed by atoms with Gasteiger partial charge in [0.2, 0.25) is 5.79 Å². The van der Waals surface area contributed by atoms with E-state index in [0.29, 0.717) is 6.54 Å². The molecular formula is C13H21N3O6. The van der Waals surface area contributed by atoms with Gasteiger partial charge in [-0.3, -0.25) is 0 Å². The van der Waals surface area contributed by atoms with Crippen LogP contribution in [-0.4, -0.2) is 62.7 Å². The number of nitrogens with zero attached hydrogens (tertiary/aromatic N) is 3. The summed E-state index contributed by atoms with van der Waals surface area (Å²) < 4.78 is 24.2. The molecular weight excluding hydrogens is 294 g/mol. The second kappa shape index (κ2) is 5.22. The van der Waals surface area contributed by atoms with Gasteiger partial charge in [0, 0.05) is 7.11 Å². The Morgan fingerprint density at radius 3 is 2.64 bits per heavy atom. The van der Waals surface area contributed by atoms with Crippen molar-refractivity contribution < 1.29 is 29.2 Å². The lowest BCUT2D eigenvalue weighted by atomic mass is 10.1. The smallest absolute Gasteiger partial charge is 0.207 e. The molecule has 0 spiro atoms. The molecule has 9 heteroatoms. The number of hydrogen-bond acceptors (Lipinski definition) is 8. The maximum atomic E-state index is 9.51. The van der Waals surface area contributed by atoms with Crippen LogP contribution in [0.2, 0.25) is 0 Å². The predicted octanol–water partition coefficient (Wildman–Crippen LogP) is -0.673. The Morgan fingerprint density at radius 1 is 1.36 bits per heavy atom. The summed E-state index contributed by atoms with van der Waals surface area (Å²) in [4.78, 5) is 0. The van der Waals surface area contributed by atoms with E-state index in [9.17, 15) is 10.2 Å². The third-order valence-electron chi connectivity index (χ3n) is 3.73. The number of hydrogen-bond donors (Lipinski definition) is 2. The Labute approximate surface area is 127 Å². The minimum absolute atomic E-state index is 0.0641. The summed E-state index contributed by atoms with van der Waals surface area (Å²) in [6.07, 6.45) is 0.00576. The molecule has 0 aromatic carbocycles. The fourth-order valence-electron chi connectivity index (χ4n) is 2.77. The topological polar surface area (TPSA) is 108 Å². The van der Waals surface area contributed by atoms with Crippen LogP contribution in [0.3, 0.4) is 0 Å². The molecule has 22 heavy (non-hydrogen) atoms. The molecule has 3 heterocycles. The number of aromatic nitrogens is 3. The summed E-state index contributed by atoms with van der Waals surface area (Å²) in [6.45, 7) is 5.24. The van der Waals surface area contributed by atoms with E-state index < -0.39 is 17.9 Å². The van der Waals surface area contributed by atoms with Gasteiger partial charge < -0.3 is 29.2 Å². The van der Waals surface area contributed by atoms with Crippen LogP contribution in [0.5, 0.6) is 0 Å². The second-order valence-electron chi connectivity index (χ2n) is 6.19. The third kappa shape index (κ3) is 2.87. The maximum Gasteiger partial charge on any atom is 0.207 e. The number of aliphatic hydroxyl groups is 2. The van der Waals surface area contributed by atoms with E-state index in [4.69, 9.17) is 18.9 Å². The van der Waals surface area contributed by atoms with Crippen LogP contribution in [0, 0.1) is 0 Å². The lowest BCUT2D eigenvalue weighted by Crippen LogP contribution is -2.33. The number of fused-ring (bicyclic) bond motifs is 1. The quantitative estimate of drug-likeness (QED) is 0.704. The van der Waals surface area contributed by atoms with E-state index in [-0.39, 0.29) is 24.0 Å². The van der Waals surface area contributed by atoms with Gasteiger partial charge in [-0.05, 0) is 20.8 Å². The zero-order chi connectivity index (χ0) is 16.1. The van der Waals surface area contributed by atoms with Gasteiger partial charge in [0.1, 0.15) is 24.0 Å². The van der Waals surface area contributed by atoms with Gasteiger partial charge in [-0.1, -0.05) is 5.21 Å². The van der Waals surface area contributed by atoms with E-state index in [2.05, 4.69) is 10.3 Å². The lowest BCUT2D eigenvalue weighted by Gasteiger charge is -2.23. The number of ether oxygens (including phenoxy) is 4. The molecule has 2 unspecified atom stereocenters. The molecule has 2 aliphatic rings. The van der Waals surface area contributed by atoms with Crippen molar-refractivity contribution in [3.63, 3.8) is 0 Å². The van der Waals surface area contributed by atoms with Crippen molar-refractivity contribution in [2.24, 2.45) is 0 Å². The number of methoxy groups -OCH3 is 1. The summed E-state index contributed by atoms with van der Waals surface area (Å²) >= 11 is 0. The molecule has 2 aliphatic heterocycles. The molecule has 1 aromatic rings. The maximum absolute atomic E-state index is 9.51. The highest BCUT2D eigenvalue weighted by Gasteiger charge is 2.55. The second-order valence-corrected chi connectivity index (χ2v) is 6.19. The summed E-state index contributed by atoms with van der Waals surface area (Å²) in [5.74, 6) is -2.72. The summed E-state index contributed by atoms with van der Waals surface area (Å²) in [6, 6.07) is 0. The summed E-state index contributed by atoms with van der Waals surface area (Å²) in [7, 11) is 1.55. The lowest BCUT2D eigenvalue weighted by molar-refractivity contribution is -0.228. The zero-order valence-electron chi connectivity index (χ0n) is 13.0. The van der Waals surface area contributed by atoms with Gasteiger partial charge in [-0.25, -0.2) is 4.68 Å². The van der Waals surface area contributed by atoms with Crippen LogP contribution < -0.4 is 0 Å². The van der Waals surface area contributed by atoms with Crippen LogP contribution in [0.25, 0.3) is 0 Å². The average molecular weight is 315 g/mol. The van der Waals surface area contributed by atoms with Crippen molar-refractivity contribution >= 4 is 0 Å². The molecule has 0 radical (unpaired) electrons. The average Bonchev–Trinajstić information content (AvgIpc) is 3.04. The summed E-state index contributed by atoms with van der Waals surface area (Å²) in [5.41, 5.74) is 0.0641. The minimum Gasteiger partial charge on any atom is -0.361 e. The molecule has 0 aliphatic carbocycles. The first kappa shape index (κ1) is 15.8. The highest BCUT2D eigenvalue weighted by molar-refractivity contribution is 5.01. The Morgan fingerprint density at radius 2 is 2.05 bits per heavy atom. The van der Waals surface area contributed by atoms with E-state index in [0.717, 1.165) is 0 Å². The van der Waals surface area contributed by atoms with Crippen molar-refractivity contribution in [3.8, 4) is 0 Å². The molecule has 0 bridgehead atoms. The Balaban J connectivity index is 1.74. The van der Waals surface area contributed by atoms with Crippen LogP contribution >= 0.6 is 0 Å². The highest BCUT2D eigenvalue weighted by Crippen LogP contribution is 2.39. The normalized spacial score (nSPS) is 34.1. The largest absolute Gasteiger partial charge is 0.361 e. The minimum atomic E-state index is -2.03. The van der Waals surface area contributed by atoms with Crippen LogP contribution in [0.15, 0.2) is 6.20 Å². The molecule has 0 amide bonds. The Bertz CT molecular complexity index is 540. The predicted molar refractivity (Wildman–Crippen MR) is 71.3 cm³/mol. The first-order valence-corrected chi connectivity index (χ1v) is 7.09. The molecule has 4 atom stereocenters. The molecule has 2 fully saturated rings. The van der Waals surface area contributed by atoms with Crippen molar-refractivity contribution in [3.05, 3.63) is 11.9 Å². The molecule has 3 rings (SSSR count). The SMILES string of the molecule is CO[C@@H]1O[C@H](Cn2cc(C(C)(O)O)nn2)C2OC(C)(C)OC21. The standard InChI is InChI=1S/C13H21N3O6/c1-12(2)21-9-7(20-11(19-4)10(9)22-12)5-16-6-8(14-15-16)13(3,17)18/h6-7,9-11,17-18H,5H2,1-4H3/t7-,9?,10?,11-/m1/s1.